The normalized spacial score (nSPS) is 20.1. The van der Waals surface area contributed by atoms with Crippen LogP contribution in [0.5, 0.6) is 0 Å². The number of nitrogens with one attached hydrogen (secondary N) is 1. The summed E-state index contributed by atoms with van der Waals surface area (Å²) in [6.45, 7) is 3.20. The minimum absolute atomic E-state index is 0.00362. The molecule has 1 aliphatic heterocycles. The first-order chi connectivity index (χ1) is 8.15. The number of hydrogen-bond acceptors (Lipinski definition) is 2. The molecule has 0 spiro atoms. The molecule has 2 rings (SSSR count). The zero-order valence-corrected chi connectivity index (χ0v) is 9.95. The van der Waals surface area contributed by atoms with Crippen molar-refractivity contribution in [1.29, 1.82) is 0 Å². The number of carbonyl (C=O) groups excluding carboxylic acids is 1. The Hall–Kier alpha value is -1.58. The van der Waals surface area contributed by atoms with E-state index >= 15 is 0 Å². The highest BCUT2D eigenvalue weighted by Crippen LogP contribution is 2.20. The van der Waals surface area contributed by atoms with Gasteiger partial charge >= 0.3 is 0 Å². The van der Waals surface area contributed by atoms with Crippen molar-refractivity contribution in [1.82, 2.24) is 5.32 Å². The molecule has 1 aliphatic rings. The van der Waals surface area contributed by atoms with Crippen LogP contribution in [0.1, 0.15) is 19.8 Å². The van der Waals surface area contributed by atoms with E-state index in [9.17, 15) is 9.18 Å². The summed E-state index contributed by atoms with van der Waals surface area (Å²) < 4.78 is 13.1. The molecule has 1 heterocycles. The van der Waals surface area contributed by atoms with E-state index in [1.807, 2.05) is 6.07 Å². The van der Waals surface area contributed by atoms with Crippen LogP contribution in [0.3, 0.4) is 0 Å². The van der Waals surface area contributed by atoms with Crippen LogP contribution in [-0.4, -0.2) is 25.0 Å². The fourth-order valence-electron chi connectivity index (χ4n) is 2.29. The molecule has 4 heteroatoms. The minimum Gasteiger partial charge on any atom is -0.369 e. The monoisotopic (exact) mass is 236 g/mol. The van der Waals surface area contributed by atoms with Crippen molar-refractivity contribution in [3.8, 4) is 0 Å². The number of amides is 1. The first-order valence-corrected chi connectivity index (χ1v) is 5.93. The Labute approximate surface area is 101 Å². The molecule has 92 valence electrons. The molecular weight excluding hydrogens is 219 g/mol. The molecule has 1 fully saturated rings. The molecule has 17 heavy (non-hydrogen) atoms. The fraction of sp³-hybridized carbons (Fsp3) is 0.462. The summed E-state index contributed by atoms with van der Waals surface area (Å²) in [7, 11) is 0. The van der Waals surface area contributed by atoms with Gasteiger partial charge in [0.2, 0.25) is 5.91 Å². The van der Waals surface area contributed by atoms with E-state index in [0.29, 0.717) is 0 Å². The molecule has 0 aliphatic carbocycles. The average molecular weight is 236 g/mol. The molecule has 1 aromatic carbocycles. The topological polar surface area (TPSA) is 32.3 Å². The van der Waals surface area contributed by atoms with Crippen LogP contribution in [0.25, 0.3) is 0 Å². The maximum atomic E-state index is 13.1. The van der Waals surface area contributed by atoms with E-state index in [1.165, 1.54) is 19.1 Å². The number of carbonyl (C=O) groups is 1. The summed E-state index contributed by atoms with van der Waals surface area (Å²) in [5.74, 6) is -0.222. The number of halogens is 1. The highest BCUT2D eigenvalue weighted by atomic mass is 19.1. The van der Waals surface area contributed by atoms with Crippen molar-refractivity contribution in [2.75, 3.05) is 18.0 Å². The van der Waals surface area contributed by atoms with Crippen LogP contribution < -0.4 is 10.2 Å². The number of anilines is 1. The Kier molecular flexibility index (Phi) is 3.61. The highest BCUT2D eigenvalue weighted by molar-refractivity contribution is 5.73. The quantitative estimate of drug-likeness (QED) is 0.851. The zero-order valence-electron chi connectivity index (χ0n) is 9.95. The van der Waals surface area contributed by atoms with Gasteiger partial charge in [-0.1, -0.05) is 6.07 Å². The van der Waals surface area contributed by atoms with E-state index in [0.717, 1.165) is 31.6 Å². The molecule has 0 aromatic heterocycles. The third-order valence-electron chi connectivity index (χ3n) is 3.00. The number of piperidine rings is 1. The number of nitrogens with zero attached hydrogens (tertiary/aromatic N) is 1. The predicted molar refractivity (Wildman–Crippen MR) is 65.5 cm³/mol. The zero-order chi connectivity index (χ0) is 12.3. The van der Waals surface area contributed by atoms with Gasteiger partial charge in [0.05, 0.1) is 0 Å². The third-order valence-corrected chi connectivity index (χ3v) is 3.00. The van der Waals surface area contributed by atoms with Gasteiger partial charge in [0, 0.05) is 31.7 Å². The summed E-state index contributed by atoms with van der Waals surface area (Å²) in [4.78, 5) is 13.1. The lowest BCUT2D eigenvalue weighted by Gasteiger charge is -2.34. The van der Waals surface area contributed by atoms with Crippen molar-refractivity contribution < 1.29 is 9.18 Å². The predicted octanol–water partition coefficient (Wildman–Crippen LogP) is 1.93. The lowest BCUT2D eigenvalue weighted by Crippen LogP contribution is -2.47. The van der Waals surface area contributed by atoms with Crippen molar-refractivity contribution in [2.45, 2.75) is 25.8 Å². The lowest BCUT2D eigenvalue weighted by molar-refractivity contribution is -0.119. The van der Waals surface area contributed by atoms with Crippen LogP contribution in [-0.2, 0) is 4.79 Å². The summed E-state index contributed by atoms with van der Waals surface area (Å²) in [6, 6.07) is 6.77. The maximum Gasteiger partial charge on any atom is 0.217 e. The van der Waals surface area contributed by atoms with Gasteiger partial charge in [-0.25, -0.2) is 4.39 Å². The smallest absolute Gasteiger partial charge is 0.217 e. The van der Waals surface area contributed by atoms with Gasteiger partial charge in [-0.05, 0) is 31.0 Å². The van der Waals surface area contributed by atoms with Crippen molar-refractivity contribution in [3.05, 3.63) is 30.1 Å². The first kappa shape index (κ1) is 11.9. The van der Waals surface area contributed by atoms with E-state index < -0.39 is 0 Å². The average Bonchev–Trinajstić information content (AvgIpc) is 2.28. The second-order valence-corrected chi connectivity index (χ2v) is 4.47. The van der Waals surface area contributed by atoms with Crippen molar-refractivity contribution in [3.63, 3.8) is 0 Å². The standard InChI is InChI=1S/C13H17FN2O/c1-10(17)15-12-5-3-7-16(9-12)13-6-2-4-11(14)8-13/h2,4,6,8,12H,3,5,7,9H2,1H3,(H,15,17). The second-order valence-electron chi connectivity index (χ2n) is 4.47. The van der Waals surface area contributed by atoms with Gasteiger partial charge in [0.15, 0.2) is 0 Å². The van der Waals surface area contributed by atoms with Crippen LogP contribution in [0, 0.1) is 5.82 Å². The first-order valence-electron chi connectivity index (χ1n) is 5.93. The van der Waals surface area contributed by atoms with Gasteiger partial charge < -0.3 is 10.2 Å². The van der Waals surface area contributed by atoms with E-state index in [1.54, 1.807) is 6.07 Å². The number of benzene rings is 1. The molecule has 3 nitrogen and oxygen atoms in total. The minimum atomic E-state index is -0.218. The Morgan fingerprint density at radius 2 is 2.35 bits per heavy atom. The van der Waals surface area contributed by atoms with Crippen LogP contribution in [0.4, 0.5) is 10.1 Å². The van der Waals surface area contributed by atoms with Gasteiger partial charge in [-0.2, -0.15) is 0 Å². The lowest BCUT2D eigenvalue weighted by atomic mass is 10.0. The number of hydrogen-bond donors (Lipinski definition) is 1. The molecule has 1 N–H and O–H groups in total. The second kappa shape index (κ2) is 5.17. The van der Waals surface area contributed by atoms with Crippen LogP contribution >= 0.6 is 0 Å². The molecular formula is C13H17FN2O. The van der Waals surface area contributed by atoms with E-state index in [2.05, 4.69) is 10.2 Å². The van der Waals surface area contributed by atoms with Crippen molar-refractivity contribution >= 4 is 11.6 Å². The van der Waals surface area contributed by atoms with E-state index in [-0.39, 0.29) is 17.8 Å². The molecule has 0 bridgehead atoms. The van der Waals surface area contributed by atoms with Crippen LogP contribution in [0.2, 0.25) is 0 Å². The third kappa shape index (κ3) is 3.19. The van der Waals surface area contributed by atoms with Gasteiger partial charge in [-0.3, -0.25) is 4.79 Å². The highest BCUT2D eigenvalue weighted by Gasteiger charge is 2.20. The molecule has 1 unspecified atom stereocenters. The molecule has 0 saturated carbocycles. The van der Waals surface area contributed by atoms with Gasteiger partial charge in [-0.15, -0.1) is 0 Å². The molecule has 1 saturated heterocycles. The van der Waals surface area contributed by atoms with Crippen molar-refractivity contribution in [2.24, 2.45) is 0 Å². The maximum absolute atomic E-state index is 13.1. The SMILES string of the molecule is CC(=O)NC1CCCN(c2cccc(F)c2)C1. The molecule has 1 aromatic rings. The van der Waals surface area contributed by atoms with Crippen LogP contribution in [0.15, 0.2) is 24.3 Å². The largest absolute Gasteiger partial charge is 0.369 e. The number of rotatable bonds is 2. The van der Waals surface area contributed by atoms with E-state index in [4.69, 9.17) is 0 Å². The Balaban J connectivity index is 2.04. The van der Waals surface area contributed by atoms with Gasteiger partial charge in [0.25, 0.3) is 0 Å². The molecule has 0 radical (unpaired) electrons. The Bertz CT molecular complexity index is 408. The summed E-state index contributed by atoms with van der Waals surface area (Å²) in [6.07, 6.45) is 2.01. The Morgan fingerprint density at radius 1 is 1.53 bits per heavy atom. The summed E-state index contributed by atoms with van der Waals surface area (Å²) in [5, 5.41) is 2.92. The Morgan fingerprint density at radius 3 is 3.06 bits per heavy atom. The fourth-order valence-corrected chi connectivity index (χ4v) is 2.29. The summed E-state index contributed by atoms with van der Waals surface area (Å²) >= 11 is 0. The van der Waals surface area contributed by atoms with Gasteiger partial charge in [0.1, 0.15) is 5.82 Å². The summed E-state index contributed by atoms with van der Waals surface area (Å²) in [5.41, 5.74) is 0.889. The molecule has 1 atom stereocenters. The molecule has 1 amide bonds.